The lowest BCUT2D eigenvalue weighted by molar-refractivity contribution is -0.154. The van der Waals surface area contributed by atoms with Gasteiger partial charge in [-0.1, -0.05) is 42.5 Å². The highest BCUT2D eigenvalue weighted by atomic mass is 16.5. The lowest BCUT2D eigenvalue weighted by Gasteiger charge is -2.24. The molecular formula is C15H20O3. The summed E-state index contributed by atoms with van der Waals surface area (Å²) in [5, 5.41) is 9.92. The molecule has 1 atom stereocenters. The molecule has 1 aromatic carbocycles. The molecule has 18 heavy (non-hydrogen) atoms. The molecule has 1 N–H and O–H groups in total. The predicted molar refractivity (Wildman–Crippen MR) is 70.8 cm³/mol. The molecule has 1 aromatic rings. The van der Waals surface area contributed by atoms with Gasteiger partial charge in [0.2, 0.25) is 0 Å². The largest absolute Gasteiger partial charge is 0.460 e. The van der Waals surface area contributed by atoms with Crippen LogP contribution in [-0.2, 0) is 16.1 Å². The Hall–Kier alpha value is -1.61. The maximum absolute atomic E-state index is 11.9. The first-order valence-electron chi connectivity index (χ1n) is 6.01. The maximum Gasteiger partial charge on any atom is 0.316 e. The van der Waals surface area contributed by atoms with E-state index in [1.165, 1.54) is 0 Å². The zero-order chi connectivity index (χ0) is 13.6. The standard InChI is InChI=1S/C15H20O3/c1-4-8-13(15(2,3)17)14(16)18-11-12-9-6-5-7-10-12/h4-10,13,17H,11H2,1-3H3/b8-4+. The second-order valence-corrected chi connectivity index (χ2v) is 4.75. The van der Waals surface area contributed by atoms with Crippen LogP contribution < -0.4 is 0 Å². The maximum atomic E-state index is 11.9. The third-order valence-electron chi connectivity index (χ3n) is 2.62. The van der Waals surface area contributed by atoms with Crippen LogP contribution in [0, 0.1) is 5.92 Å². The van der Waals surface area contributed by atoms with Gasteiger partial charge in [0.15, 0.2) is 0 Å². The average molecular weight is 248 g/mol. The van der Waals surface area contributed by atoms with Crippen LogP contribution >= 0.6 is 0 Å². The minimum absolute atomic E-state index is 0.226. The van der Waals surface area contributed by atoms with Gasteiger partial charge in [-0.25, -0.2) is 0 Å². The number of carbonyl (C=O) groups is 1. The first-order chi connectivity index (χ1) is 8.45. The highest BCUT2D eigenvalue weighted by molar-refractivity contribution is 5.75. The van der Waals surface area contributed by atoms with Crippen LogP contribution in [0.5, 0.6) is 0 Å². The van der Waals surface area contributed by atoms with E-state index in [-0.39, 0.29) is 6.61 Å². The predicted octanol–water partition coefficient (Wildman–Crippen LogP) is 2.69. The molecule has 0 radical (unpaired) electrons. The van der Waals surface area contributed by atoms with Gasteiger partial charge in [0.05, 0.1) is 5.60 Å². The van der Waals surface area contributed by atoms with Crippen molar-refractivity contribution in [1.82, 2.24) is 0 Å². The number of aliphatic hydroxyl groups is 1. The summed E-state index contributed by atoms with van der Waals surface area (Å²) in [6.07, 6.45) is 3.40. The van der Waals surface area contributed by atoms with Crippen molar-refractivity contribution in [2.75, 3.05) is 0 Å². The molecule has 98 valence electrons. The van der Waals surface area contributed by atoms with E-state index in [2.05, 4.69) is 0 Å². The van der Waals surface area contributed by atoms with E-state index in [0.717, 1.165) is 5.56 Å². The number of rotatable bonds is 5. The van der Waals surface area contributed by atoms with Crippen LogP contribution in [0.4, 0.5) is 0 Å². The summed E-state index contributed by atoms with van der Waals surface area (Å²) in [6, 6.07) is 9.47. The van der Waals surface area contributed by atoms with Crippen molar-refractivity contribution < 1.29 is 14.6 Å². The summed E-state index contributed by atoms with van der Waals surface area (Å²) >= 11 is 0. The van der Waals surface area contributed by atoms with Crippen molar-refractivity contribution in [3.8, 4) is 0 Å². The van der Waals surface area contributed by atoms with Gasteiger partial charge in [-0.15, -0.1) is 0 Å². The van der Waals surface area contributed by atoms with Crippen LogP contribution in [0.15, 0.2) is 42.5 Å². The third-order valence-corrected chi connectivity index (χ3v) is 2.62. The molecule has 0 saturated heterocycles. The van der Waals surface area contributed by atoms with E-state index in [1.807, 2.05) is 37.3 Å². The van der Waals surface area contributed by atoms with E-state index in [9.17, 15) is 9.90 Å². The molecule has 3 heteroatoms. The van der Waals surface area contributed by atoms with Crippen LogP contribution in [0.1, 0.15) is 26.3 Å². The minimum atomic E-state index is -1.12. The minimum Gasteiger partial charge on any atom is -0.460 e. The summed E-state index contributed by atoms with van der Waals surface area (Å²) in [6.45, 7) is 5.23. The lowest BCUT2D eigenvalue weighted by Crippen LogP contribution is -2.36. The van der Waals surface area contributed by atoms with Crippen LogP contribution in [0.2, 0.25) is 0 Å². The molecule has 0 fully saturated rings. The summed E-state index contributed by atoms with van der Waals surface area (Å²) < 4.78 is 5.22. The molecule has 1 unspecified atom stereocenters. The smallest absolute Gasteiger partial charge is 0.316 e. The highest BCUT2D eigenvalue weighted by Gasteiger charge is 2.32. The number of allylic oxidation sites excluding steroid dienone is 1. The second-order valence-electron chi connectivity index (χ2n) is 4.75. The number of ether oxygens (including phenoxy) is 1. The van der Waals surface area contributed by atoms with E-state index in [4.69, 9.17) is 4.74 Å². The molecule has 0 heterocycles. The van der Waals surface area contributed by atoms with Crippen molar-refractivity contribution in [1.29, 1.82) is 0 Å². The fourth-order valence-electron chi connectivity index (χ4n) is 1.61. The van der Waals surface area contributed by atoms with Gasteiger partial charge in [-0.2, -0.15) is 0 Å². The number of hydrogen-bond acceptors (Lipinski definition) is 3. The van der Waals surface area contributed by atoms with Gasteiger partial charge in [0.1, 0.15) is 12.5 Å². The third kappa shape index (κ3) is 4.34. The Morgan fingerprint density at radius 3 is 2.50 bits per heavy atom. The molecule has 0 amide bonds. The first-order valence-corrected chi connectivity index (χ1v) is 6.01. The second kappa shape index (κ2) is 6.36. The molecule has 0 aromatic heterocycles. The Labute approximate surface area is 108 Å². The molecule has 0 spiro atoms. The van der Waals surface area contributed by atoms with E-state index < -0.39 is 17.5 Å². The Morgan fingerprint density at radius 1 is 1.39 bits per heavy atom. The van der Waals surface area contributed by atoms with Crippen molar-refractivity contribution in [3.05, 3.63) is 48.0 Å². The van der Waals surface area contributed by atoms with Crippen LogP contribution in [0.3, 0.4) is 0 Å². The van der Waals surface area contributed by atoms with E-state index >= 15 is 0 Å². The highest BCUT2D eigenvalue weighted by Crippen LogP contribution is 2.20. The normalized spacial score (nSPS) is 13.6. The zero-order valence-corrected chi connectivity index (χ0v) is 11.1. The van der Waals surface area contributed by atoms with Gasteiger partial charge in [-0.05, 0) is 26.3 Å². The molecule has 0 aliphatic rings. The zero-order valence-electron chi connectivity index (χ0n) is 11.1. The molecular weight excluding hydrogens is 228 g/mol. The summed E-state index contributed by atoms with van der Waals surface area (Å²) in [5.41, 5.74) is -0.193. The summed E-state index contributed by atoms with van der Waals surface area (Å²) in [4.78, 5) is 11.9. The Morgan fingerprint density at radius 2 is 2.00 bits per heavy atom. The van der Waals surface area contributed by atoms with Crippen molar-refractivity contribution in [2.24, 2.45) is 5.92 Å². The van der Waals surface area contributed by atoms with Crippen molar-refractivity contribution >= 4 is 5.97 Å². The van der Waals surface area contributed by atoms with Gasteiger partial charge in [-0.3, -0.25) is 4.79 Å². The van der Waals surface area contributed by atoms with Crippen LogP contribution in [0.25, 0.3) is 0 Å². The SMILES string of the molecule is C/C=C/C(C(=O)OCc1ccccc1)C(C)(C)O. The monoisotopic (exact) mass is 248 g/mol. The fourth-order valence-corrected chi connectivity index (χ4v) is 1.61. The lowest BCUT2D eigenvalue weighted by atomic mass is 9.91. The van der Waals surface area contributed by atoms with Crippen molar-refractivity contribution in [3.63, 3.8) is 0 Å². The first kappa shape index (κ1) is 14.5. The van der Waals surface area contributed by atoms with E-state index in [1.54, 1.807) is 26.0 Å². The quantitative estimate of drug-likeness (QED) is 0.643. The number of carbonyl (C=O) groups excluding carboxylic acids is 1. The Balaban J connectivity index is 2.63. The van der Waals surface area contributed by atoms with Crippen LogP contribution in [-0.4, -0.2) is 16.7 Å². The molecule has 0 aliphatic carbocycles. The van der Waals surface area contributed by atoms with Gasteiger partial charge in [0.25, 0.3) is 0 Å². The Bertz CT molecular complexity index is 401. The Kier molecular flexibility index (Phi) is 5.10. The molecule has 0 bridgehead atoms. The summed E-state index contributed by atoms with van der Waals surface area (Å²) in [7, 11) is 0. The van der Waals surface area contributed by atoms with E-state index in [0.29, 0.717) is 0 Å². The molecule has 0 aliphatic heterocycles. The number of esters is 1. The summed E-state index contributed by atoms with van der Waals surface area (Å²) in [5.74, 6) is -1.06. The van der Waals surface area contributed by atoms with Gasteiger partial charge >= 0.3 is 5.97 Å². The fraction of sp³-hybridized carbons (Fsp3) is 0.400. The average Bonchev–Trinajstić information content (AvgIpc) is 2.33. The van der Waals surface area contributed by atoms with Crippen molar-refractivity contribution in [2.45, 2.75) is 33.0 Å². The molecule has 3 nitrogen and oxygen atoms in total. The van der Waals surface area contributed by atoms with Gasteiger partial charge in [0, 0.05) is 0 Å². The van der Waals surface area contributed by atoms with Gasteiger partial charge < -0.3 is 9.84 Å². The topological polar surface area (TPSA) is 46.5 Å². The molecule has 0 saturated carbocycles. The number of benzene rings is 1. The number of hydrogen-bond donors (Lipinski definition) is 1. The molecule has 1 rings (SSSR count).